The van der Waals surface area contributed by atoms with E-state index in [2.05, 4.69) is 32.9 Å². The van der Waals surface area contributed by atoms with E-state index < -0.39 is 5.60 Å². The minimum absolute atomic E-state index is 0.144. The lowest BCUT2D eigenvalue weighted by Gasteiger charge is -2.26. The van der Waals surface area contributed by atoms with Crippen molar-refractivity contribution in [3.63, 3.8) is 0 Å². The Kier molecular flexibility index (Phi) is 2.81. The monoisotopic (exact) mass is 219 g/mol. The highest BCUT2D eigenvalue weighted by atomic mass is 16.3. The van der Waals surface area contributed by atoms with Gasteiger partial charge in [0.05, 0.1) is 5.60 Å². The van der Waals surface area contributed by atoms with Crippen LogP contribution in [0, 0.1) is 20.8 Å². The Morgan fingerprint density at radius 2 is 1.81 bits per heavy atom. The molecule has 0 amide bonds. The highest BCUT2D eigenvalue weighted by Gasteiger charge is 2.38. The van der Waals surface area contributed by atoms with E-state index in [1.54, 1.807) is 0 Å². The first-order valence-electron chi connectivity index (χ1n) is 5.99. The van der Waals surface area contributed by atoms with Crippen molar-refractivity contribution in [1.82, 2.24) is 0 Å². The number of rotatable bonds is 1. The van der Waals surface area contributed by atoms with Crippen LogP contribution in [-0.4, -0.2) is 11.1 Å². The van der Waals surface area contributed by atoms with Crippen LogP contribution < -0.4 is 5.73 Å². The van der Waals surface area contributed by atoms with Crippen molar-refractivity contribution < 1.29 is 5.11 Å². The summed E-state index contributed by atoms with van der Waals surface area (Å²) in [6, 6.07) is 4.43. The summed E-state index contributed by atoms with van der Waals surface area (Å²) in [5.41, 5.74) is 10.00. The Morgan fingerprint density at radius 3 is 2.38 bits per heavy atom. The van der Waals surface area contributed by atoms with Gasteiger partial charge in [0.25, 0.3) is 0 Å². The molecule has 16 heavy (non-hydrogen) atoms. The second-order valence-electron chi connectivity index (χ2n) is 5.29. The van der Waals surface area contributed by atoms with Crippen LogP contribution in [0.2, 0.25) is 0 Å². The van der Waals surface area contributed by atoms with E-state index in [-0.39, 0.29) is 6.04 Å². The number of hydrogen-bond donors (Lipinski definition) is 2. The van der Waals surface area contributed by atoms with Gasteiger partial charge in [-0.15, -0.1) is 0 Å². The fourth-order valence-electron chi connectivity index (χ4n) is 2.77. The second kappa shape index (κ2) is 3.86. The Labute approximate surface area is 97.5 Å². The molecule has 0 heterocycles. The third-order valence-electron chi connectivity index (χ3n) is 3.87. The molecule has 0 bridgehead atoms. The Bertz CT molecular complexity index is 413. The lowest BCUT2D eigenvalue weighted by molar-refractivity contribution is 0.0424. The Balaban J connectivity index is 2.44. The molecule has 0 aromatic heterocycles. The molecule has 1 fully saturated rings. The quantitative estimate of drug-likeness (QED) is 0.761. The van der Waals surface area contributed by atoms with Crippen molar-refractivity contribution in [2.75, 3.05) is 0 Å². The van der Waals surface area contributed by atoms with Crippen molar-refractivity contribution >= 4 is 0 Å². The maximum Gasteiger partial charge on any atom is 0.0914 e. The number of aliphatic hydroxyl groups is 1. The van der Waals surface area contributed by atoms with E-state index >= 15 is 0 Å². The van der Waals surface area contributed by atoms with Gasteiger partial charge in [0, 0.05) is 6.04 Å². The van der Waals surface area contributed by atoms with Gasteiger partial charge < -0.3 is 10.8 Å². The summed E-state index contributed by atoms with van der Waals surface area (Å²) < 4.78 is 0. The molecule has 2 atom stereocenters. The molecule has 0 radical (unpaired) electrons. The lowest BCUT2D eigenvalue weighted by Crippen LogP contribution is -2.26. The van der Waals surface area contributed by atoms with Gasteiger partial charge in [0.2, 0.25) is 0 Å². The molecule has 2 rings (SSSR count). The maximum atomic E-state index is 10.6. The zero-order valence-electron chi connectivity index (χ0n) is 10.4. The molecule has 1 aliphatic rings. The van der Waals surface area contributed by atoms with Crippen LogP contribution in [0.15, 0.2) is 12.1 Å². The van der Waals surface area contributed by atoms with Crippen LogP contribution in [0.5, 0.6) is 0 Å². The van der Waals surface area contributed by atoms with Crippen LogP contribution in [0.3, 0.4) is 0 Å². The van der Waals surface area contributed by atoms with Crippen LogP contribution in [0.4, 0.5) is 0 Å². The molecule has 1 aromatic carbocycles. The summed E-state index contributed by atoms with van der Waals surface area (Å²) in [5, 5.41) is 10.6. The molecular weight excluding hydrogens is 198 g/mol. The van der Waals surface area contributed by atoms with Crippen molar-refractivity contribution in [3.8, 4) is 0 Å². The van der Waals surface area contributed by atoms with E-state index in [9.17, 15) is 5.11 Å². The van der Waals surface area contributed by atoms with E-state index in [0.29, 0.717) is 6.42 Å². The van der Waals surface area contributed by atoms with Gasteiger partial charge in [-0.05, 0) is 62.3 Å². The van der Waals surface area contributed by atoms with Gasteiger partial charge >= 0.3 is 0 Å². The minimum atomic E-state index is -0.692. The van der Waals surface area contributed by atoms with E-state index in [1.807, 2.05) is 0 Å². The van der Waals surface area contributed by atoms with Crippen molar-refractivity contribution in [1.29, 1.82) is 0 Å². The average Bonchev–Trinajstić information content (AvgIpc) is 2.53. The third kappa shape index (κ3) is 1.87. The highest BCUT2D eigenvalue weighted by molar-refractivity contribution is 5.40. The fraction of sp³-hybridized carbons (Fsp3) is 0.571. The van der Waals surface area contributed by atoms with Gasteiger partial charge in [-0.1, -0.05) is 12.1 Å². The zero-order valence-corrected chi connectivity index (χ0v) is 10.4. The first kappa shape index (κ1) is 11.6. The van der Waals surface area contributed by atoms with Crippen LogP contribution in [0.1, 0.15) is 41.5 Å². The SMILES string of the molecule is Cc1cc(C)c(C2(O)CCC(N)C2)cc1C. The molecule has 3 N–H and O–H groups in total. The third-order valence-corrected chi connectivity index (χ3v) is 3.87. The molecule has 0 saturated heterocycles. The summed E-state index contributed by atoms with van der Waals surface area (Å²) in [5.74, 6) is 0. The van der Waals surface area contributed by atoms with Crippen LogP contribution in [-0.2, 0) is 5.60 Å². The largest absolute Gasteiger partial charge is 0.385 e. The summed E-state index contributed by atoms with van der Waals surface area (Å²) in [6.07, 6.45) is 2.40. The first-order chi connectivity index (χ1) is 7.42. The van der Waals surface area contributed by atoms with Gasteiger partial charge in [-0.3, -0.25) is 0 Å². The van der Waals surface area contributed by atoms with Gasteiger partial charge in [0.1, 0.15) is 0 Å². The molecule has 0 spiro atoms. The van der Waals surface area contributed by atoms with Gasteiger partial charge in [-0.25, -0.2) is 0 Å². The molecular formula is C14H21NO. The lowest BCUT2D eigenvalue weighted by atomic mass is 9.86. The second-order valence-corrected chi connectivity index (χ2v) is 5.29. The van der Waals surface area contributed by atoms with Gasteiger partial charge in [-0.2, -0.15) is 0 Å². The average molecular weight is 219 g/mol. The van der Waals surface area contributed by atoms with E-state index in [1.165, 1.54) is 16.7 Å². The van der Waals surface area contributed by atoms with Crippen molar-refractivity contribution in [2.24, 2.45) is 5.73 Å². The number of aryl methyl sites for hydroxylation is 3. The topological polar surface area (TPSA) is 46.2 Å². The Morgan fingerprint density at radius 1 is 1.19 bits per heavy atom. The molecule has 2 heteroatoms. The first-order valence-corrected chi connectivity index (χ1v) is 5.99. The predicted octanol–water partition coefficient (Wildman–Crippen LogP) is 2.31. The minimum Gasteiger partial charge on any atom is -0.385 e. The molecule has 1 aliphatic carbocycles. The maximum absolute atomic E-state index is 10.6. The molecule has 2 unspecified atom stereocenters. The molecule has 2 nitrogen and oxygen atoms in total. The summed E-state index contributed by atoms with van der Waals surface area (Å²) in [6.45, 7) is 6.27. The summed E-state index contributed by atoms with van der Waals surface area (Å²) in [7, 11) is 0. The van der Waals surface area contributed by atoms with Gasteiger partial charge in [0.15, 0.2) is 0 Å². The van der Waals surface area contributed by atoms with Crippen LogP contribution >= 0.6 is 0 Å². The smallest absolute Gasteiger partial charge is 0.0914 e. The molecule has 1 saturated carbocycles. The Hall–Kier alpha value is -0.860. The van der Waals surface area contributed by atoms with Crippen molar-refractivity contribution in [3.05, 3.63) is 34.4 Å². The number of benzene rings is 1. The predicted molar refractivity (Wildman–Crippen MR) is 66.4 cm³/mol. The normalized spacial score (nSPS) is 29.7. The van der Waals surface area contributed by atoms with E-state index in [0.717, 1.165) is 18.4 Å². The van der Waals surface area contributed by atoms with Crippen molar-refractivity contribution in [2.45, 2.75) is 51.7 Å². The summed E-state index contributed by atoms with van der Waals surface area (Å²) in [4.78, 5) is 0. The van der Waals surface area contributed by atoms with E-state index in [4.69, 9.17) is 5.73 Å². The standard InChI is InChI=1S/C14H21NO/c1-9-6-11(3)13(7-10(9)2)14(16)5-4-12(15)8-14/h6-7,12,16H,4-5,8,15H2,1-3H3. The number of hydrogen-bond acceptors (Lipinski definition) is 2. The number of nitrogens with two attached hydrogens (primary N) is 1. The highest BCUT2D eigenvalue weighted by Crippen LogP contribution is 2.40. The molecule has 88 valence electrons. The zero-order chi connectivity index (χ0) is 11.9. The van der Waals surface area contributed by atoms with Crippen LogP contribution in [0.25, 0.3) is 0 Å². The molecule has 0 aliphatic heterocycles. The fourth-order valence-corrected chi connectivity index (χ4v) is 2.77. The summed E-state index contributed by atoms with van der Waals surface area (Å²) >= 11 is 0. The molecule has 1 aromatic rings.